The van der Waals surface area contributed by atoms with Crippen molar-refractivity contribution < 1.29 is 4.79 Å². The molecule has 0 fully saturated rings. The van der Waals surface area contributed by atoms with Crippen molar-refractivity contribution in [3.05, 3.63) is 0 Å². The summed E-state index contributed by atoms with van der Waals surface area (Å²) in [4.78, 5) is 24.9. The van der Waals surface area contributed by atoms with E-state index in [2.05, 4.69) is 30.4 Å². The normalized spacial score (nSPS) is 17.5. The van der Waals surface area contributed by atoms with Gasteiger partial charge in [0, 0.05) is 39.3 Å². The molecular formula is C15H28N6O. The number of carbonyl (C=O) groups is 1. The topological polar surface area (TPSA) is 72.3 Å². The van der Waals surface area contributed by atoms with Gasteiger partial charge in [-0.1, -0.05) is 0 Å². The van der Waals surface area contributed by atoms with Crippen molar-refractivity contribution in [1.29, 1.82) is 0 Å². The molecule has 2 N–H and O–H groups in total. The van der Waals surface area contributed by atoms with Crippen LogP contribution in [-0.2, 0) is 0 Å². The summed E-state index contributed by atoms with van der Waals surface area (Å²) in [6, 6.07) is -0.0707. The third kappa shape index (κ3) is 5.20. The maximum absolute atomic E-state index is 11.7. The molecule has 0 saturated carbocycles. The predicted molar refractivity (Wildman–Crippen MR) is 89.7 cm³/mol. The quantitative estimate of drug-likeness (QED) is 0.643. The van der Waals surface area contributed by atoms with E-state index in [1.165, 1.54) is 0 Å². The highest BCUT2D eigenvalue weighted by atomic mass is 16.2. The van der Waals surface area contributed by atoms with Crippen molar-refractivity contribution in [3.63, 3.8) is 0 Å². The van der Waals surface area contributed by atoms with Crippen LogP contribution in [0.3, 0.4) is 0 Å². The van der Waals surface area contributed by atoms with Gasteiger partial charge in [-0.15, -0.1) is 0 Å². The highest BCUT2D eigenvalue weighted by molar-refractivity contribution is 5.81. The van der Waals surface area contributed by atoms with E-state index in [0.717, 1.165) is 63.8 Å². The van der Waals surface area contributed by atoms with Crippen molar-refractivity contribution in [2.24, 2.45) is 9.98 Å². The Bertz CT molecular complexity index is 396. The van der Waals surface area contributed by atoms with Crippen LogP contribution >= 0.6 is 0 Å². The van der Waals surface area contributed by atoms with E-state index >= 15 is 0 Å². The second-order valence-electron chi connectivity index (χ2n) is 5.72. The fourth-order valence-corrected chi connectivity index (χ4v) is 2.74. The number of nitrogens with one attached hydrogen (secondary N) is 2. The Morgan fingerprint density at radius 2 is 1.41 bits per heavy atom. The molecule has 2 aliphatic rings. The molecule has 0 aromatic heterocycles. The number of hydrogen-bond donors (Lipinski definition) is 2. The van der Waals surface area contributed by atoms with Crippen molar-refractivity contribution in [3.8, 4) is 0 Å². The van der Waals surface area contributed by atoms with E-state index in [1.54, 1.807) is 0 Å². The van der Waals surface area contributed by atoms with Gasteiger partial charge in [0.15, 0.2) is 0 Å². The molecule has 0 aromatic carbocycles. The van der Waals surface area contributed by atoms with Crippen LogP contribution in [-0.4, -0.2) is 79.9 Å². The Kier molecular flexibility index (Phi) is 6.48. The fourth-order valence-electron chi connectivity index (χ4n) is 2.74. The van der Waals surface area contributed by atoms with E-state index in [-0.39, 0.29) is 6.03 Å². The van der Waals surface area contributed by atoms with Crippen molar-refractivity contribution in [1.82, 2.24) is 20.4 Å². The van der Waals surface area contributed by atoms with E-state index in [9.17, 15) is 4.79 Å². The molecule has 7 nitrogen and oxygen atoms in total. The lowest BCUT2D eigenvalue weighted by atomic mass is 10.3. The maximum atomic E-state index is 11.7. The third-order valence-corrected chi connectivity index (χ3v) is 4.12. The summed E-state index contributed by atoms with van der Waals surface area (Å²) < 4.78 is 0. The molecule has 2 rings (SSSR count). The van der Waals surface area contributed by atoms with E-state index in [4.69, 9.17) is 0 Å². The molecular weight excluding hydrogens is 280 g/mol. The van der Waals surface area contributed by atoms with Crippen LogP contribution in [0.2, 0.25) is 0 Å². The number of amides is 2. The van der Waals surface area contributed by atoms with Crippen LogP contribution in [0, 0.1) is 0 Å². The van der Waals surface area contributed by atoms with Crippen molar-refractivity contribution in [2.75, 3.05) is 52.4 Å². The smallest absolute Gasteiger partial charge is 0.314 e. The maximum Gasteiger partial charge on any atom is 0.314 e. The molecule has 0 atom stereocenters. The highest BCUT2D eigenvalue weighted by Gasteiger charge is 2.12. The summed E-state index contributed by atoms with van der Waals surface area (Å²) in [6.07, 6.45) is 1.90. The molecule has 22 heavy (non-hydrogen) atoms. The Hall–Kier alpha value is -1.79. The summed E-state index contributed by atoms with van der Waals surface area (Å²) >= 11 is 0. The van der Waals surface area contributed by atoms with Gasteiger partial charge >= 0.3 is 6.03 Å². The zero-order chi connectivity index (χ0) is 15.8. The Balaban J connectivity index is 1.44. The van der Waals surface area contributed by atoms with Crippen LogP contribution in [0.4, 0.5) is 4.79 Å². The molecule has 2 heterocycles. The first-order valence-electron chi connectivity index (χ1n) is 8.20. The highest BCUT2D eigenvalue weighted by Crippen LogP contribution is 2.02. The number of aliphatic imine (C=N–C) groups is 2. The van der Waals surface area contributed by atoms with Crippen LogP contribution < -0.4 is 10.6 Å². The minimum absolute atomic E-state index is 0.0707. The second kappa shape index (κ2) is 8.60. The molecule has 0 radical (unpaired) electrons. The molecule has 0 aromatic rings. The zero-order valence-electron chi connectivity index (χ0n) is 13.8. The Morgan fingerprint density at radius 3 is 1.77 bits per heavy atom. The minimum atomic E-state index is -0.0707. The molecule has 124 valence electrons. The van der Waals surface area contributed by atoms with Crippen LogP contribution in [0.1, 0.15) is 26.7 Å². The minimum Gasteiger partial charge on any atom is -0.359 e. The van der Waals surface area contributed by atoms with Gasteiger partial charge in [0.1, 0.15) is 0 Å². The molecule has 0 aliphatic carbocycles. The average molecular weight is 308 g/mol. The van der Waals surface area contributed by atoms with Crippen molar-refractivity contribution in [2.45, 2.75) is 26.7 Å². The second-order valence-corrected chi connectivity index (χ2v) is 5.72. The average Bonchev–Trinajstić information content (AvgIpc) is 3.09. The lowest BCUT2D eigenvalue weighted by molar-refractivity contribution is 0.240. The number of hydrogen-bond acceptors (Lipinski definition) is 5. The first kappa shape index (κ1) is 16.6. The van der Waals surface area contributed by atoms with Gasteiger partial charge < -0.3 is 20.4 Å². The van der Waals surface area contributed by atoms with Crippen LogP contribution in [0.5, 0.6) is 0 Å². The zero-order valence-corrected chi connectivity index (χ0v) is 13.8. The number of rotatable bonds is 8. The SMILES string of the molecule is CC1=NCCN1CCCNC(=O)NCCCN1CCN=C1C. The molecule has 0 spiro atoms. The standard InChI is InChI=1S/C15H28N6O/c1-13-16-7-11-20(13)9-3-5-18-15(22)19-6-4-10-21-12-8-17-14(21)2/h3-12H2,1-2H3,(H2,18,19,22). The van der Waals surface area contributed by atoms with Crippen molar-refractivity contribution >= 4 is 17.7 Å². The summed E-state index contributed by atoms with van der Waals surface area (Å²) in [5.41, 5.74) is 0. The van der Waals surface area contributed by atoms with Gasteiger partial charge in [0.2, 0.25) is 0 Å². The van der Waals surface area contributed by atoms with Gasteiger partial charge in [-0.3, -0.25) is 9.98 Å². The molecule has 2 aliphatic heterocycles. The number of urea groups is 1. The van der Waals surface area contributed by atoms with Gasteiger partial charge in [-0.2, -0.15) is 0 Å². The molecule has 0 unspecified atom stereocenters. The number of carbonyl (C=O) groups excluding carboxylic acids is 1. The fraction of sp³-hybridized carbons (Fsp3) is 0.800. The first-order valence-corrected chi connectivity index (χ1v) is 8.20. The predicted octanol–water partition coefficient (Wildman–Crippen LogP) is 0.534. The Morgan fingerprint density at radius 1 is 0.955 bits per heavy atom. The monoisotopic (exact) mass is 308 g/mol. The summed E-state index contributed by atoms with van der Waals surface area (Å²) in [5.74, 6) is 2.23. The molecule has 0 bridgehead atoms. The number of amidine groups is 2. The third-order valence-electron chi connectivity index (χ3n) is 4.12. The summed E-state index contributed by atoms with van der Waals surface area (Å²) in [7, 11) is 0. The number of nitrogens with zero attached hydrogens (tertiary/aromatic N) is 4. The molecule has 0 saturated heterocycles. The first-order chi connectivity index (χ1) is 10.7. The molecule has 7 heteroatoms. The van der Waals surface area contributed by atoms with E-state index < -0.39 is 0 Å². The van der Waals surface area contributed by atoms with Crippen LogP contribution in [0.25, 0.3) is 0 Å². The van der Waals surface area contributed by atoms with Crippen LogP contribution in [0.15, 0.2) is 9.98 Å². The van der Waals surface area contributed by atoms with Gasteiger partial charge in [-0.25, -0.2) is 4.79 Å². The Labute approximate surface area is 132 Å². The lowest BCUT2D eigenvalue weighted by Gasteiger charge is -2.18. The van der Waals surface area contributed by atoms with E-state index in [0.29, 0.717) is 13.1 Å². The largest absolute Gasteiger partial charge is 0.359 e. The molecule has 2 amide bonds. The summed E-state index contributed by atoms with van der Waals surface area (Å²) in [5, 5.41) is 5.81. The van der Waals surface area contributed by atoms with Gasteiger partial charge in [0.25, 0.3) is 0 Å². The summed E-state index contributed by atoms with van der Waals surface area (Å²) in [6.45, 7) is 11.2. The van der Waals surface area contributed by atoms with E-state index in [1.807, 2.05) is 13.8 Å². The van der Waals surface area contributed by atoms with Gasteiger partial charge in [0.05, 0.1) is 24.8 Å². The van der Waals surface area contributed by atoms with Gasteiger partial charge in [-0.05, 0) is 26.7 Å². The lowest BCUT2D eigenvalue weighted by Crippen LogP contribution is -2.39.